The van der Waals surface area contributed by atoms with Crippen LogP contribution in [0.25, 0.3) is 0 Å². The Hall–Kier alpha value is -3.72. The van der Waals surface area contributed by atoms with Crippen LogP contribution >= 0.6 is 0 Å². The second-order valence-electron chi connectivity index (χ2n) is 6.84. The average Bonchev–Trinajstić information content (AvgIpc) is 2.78. The largest absolute Gasteiger partial charge is 0.497 e. The van der Waals surface area contributed by atoms with Gasteiger partial charge in [-0.15, -0.1) is 0 Å². The zero-order chi connectivity index (χ0) is 23.1. The van der Waals surface area contributed by atoms with Gasteiger partial charge in [-0.2, -0.15) is 0 Å². The van der Waals surface area contributed by atoms with E-state index in [9.17, 15) is 22.4 Å². The van der Waals surface area contributed by atoms with E-state index in [1.165, 1.54) is 55.6 Å². The van der Waals surface area contributed by atoms with Crippen molar-refractivity contribution in [2.45, 2.75) is 17.7 Å². The van der Waals surface area contributed by atoms with E-state index in [0.29, 0.717) is 22.7 Å². The minimum Gasteiger partial charge on any atom is -0.497 e. The summed E-state index contributed by atoms with van der Waals surface area (Å²) in [6.07, 6.45) is -0.0923. The Morgan fingerprint density at radius 1 is 0.844 bits per heavy atom. The number of amides is 1. The van der Waals surface area contributed by atoms with Crippen LogP contribution in [0.2, 0.25) is 0 Å². The first-order valence-corrected chi connectivity index (χ1v) is 11.1. The van der Waals surface area contributed by atoms with Crippen LogP contribution in [0.3, 0.4) is 0 Å². The van der Waals surface area contributed by atoms with Crippen molar-refractivity contribution in [1.29, 1.82) is 0 Å². The minimum atomic E-state index is -3.81. The van der Waals surface area contributed by atoms with E-state index in [-0.39, 0.29) is 23.5 Å². The Kier molecular flexibility index (Phi) is 7.21. The lowest BCUT2D eigenvalue weighted by Gasteiger charge is -2.10. The van der Waals surface area contributed by atoms with Crippen molar-refractivity contribution >= 4 is 33.1 Å². The van der Waals surface area contributed by atoms with E-state index >= 15 is 0 Å². The molecule has 0 aromatic heterocycles. The van der Waals surface area contributed by atoms with Gasteiger partial charge >= 0.3 is 0 Å². The van der Waals surface area contributed by atoms with Gasteiger partial charge in [0.25, 0.3) is 10.0 Å². The number of carbonyl (C=O) groups is 2. The molecule has 0 atom stereocenters. The predicted molar refractivity (Wildman–Crippen MR) is 119 cm³/mol. The van der Waals surface area contributed by atoms with E-state index in [1.54, 1.807) is 24.3 Å². The van der Waals surface area contributed by atoms with Crippen LogP contribution in [0.4, 0.5) is 15.8 Å². The van der Waals surface area contributed by atoms with Crippen molar-refractivity contribution in [3.63, 3.8) is 0 Å². The van der Waals surface area contributed by atoms with Crippen molar-refractivity contribution in [3.8, 4) is 5.75 Å². The normalized spacial score (nSPS) is 10.9. The average molecular weight is 456 g/mol. The molecule has 1 amide bonds. The van der Waals surface area contributed by atoms with Gasteiger partial charge in [0.05, 0.1) is 12.0 Å². The molecule has 0 saturated carbocycles. The van der Waals surface area contributed by atoms with E-state index in [2.05, 4.69) is 10.0 Å². The van der Waals surface area contributed by atoms with Crippen LogP contribution in [0, 0.1) is 5.82 Å². The smallest absolute Gasteiger partial charge is 0.261 e. The fraction of sp³-hybridized carbons (Fsp3) is 0.130. The number of ether oxygens (including phenoxy) is 1. The third-order valence-corrected chi connectivity index (χ3v) is 5.93. The monoisotopic (exact) mass is 456 g/mol. The molecule has 3 aromatic carbocycles. The van der Waals surface area contributed by atoms with Crippen LogP contribution in [0.5, 0.6) is 5.75 Å². The van der Waals surface area contributed by atoms with Gasteiger partial charge in [-0.3, -0.25) is 14.3 Å². The van der Waals surface area contributed by atoms with Crippen molar-refractivity contribution in [1.82, 2.24) is 0 Å². The topological polar surface area (TPSA) is 102 Å². The number of nitrogens with one attached hydrogen (secondary N) is 2. The molecule has 0 aliphatic heterocycles. The third-order valence-electron chi connectivity index (χ3n) is 4.54. The molecule has 0 spiro atoms. The molecule has 0 bridgehead atoms. The highest BCUT2D eigenvalue weighted by atomic mass is 32.2. The van der Waals surface area contributed by atoms with E-state index in [4.69, 9.17) is 4.74 Å². The quantitative estimate of drug-likeness (QED) is 0.469. The van der Waals surface area contributed by atoms with Gasteiger partial charge in [-0.1, -0.05) is 0 Å². The Balaban J connectivity index is 1.55. The molecule has 166 valence electrons. The standard InChI is InChI=1S/C23H21FN2O5S/c1-31-20-10-6-19(7-11-20)26-32(29,30)21-12-8-18(9-13-21)25-23(28)15-14-22(27)16-2-4-17(24)5-3-16/h2-13,26H,14-15H2,1H3,(H,25,28). The molecule has 0 heterocycles. The number of methoxy groups -OCH3 is 1. The second-order valence-corrected chi connectivity index (χ2v) is 8.52. The number of rotatable bonds is 9. The summed E-state index contributed by atoms with van der Waals surface area (Å²) in [6.45, 7) is 0. The van der Waals surface area contributed by atoms with E-state index in [0.717, 1.165) is 0 Å². The van der Waals surface area contributed by atoms with E-state index in [1.807, 2.05) is 0 Å². The number of halogens is 1. The highest BCUT2D eigenvalue weighted by Gasteiger charge is 2.15. The Morgan fingerprint density at radius 3 is 2.03 bits per heavy atom. The SMILES string of the molecule is COc1ccc(NS(=O)(=O)c2ccc(NC(=O)CCC(=O)c3ccc(F)cc3)cc2)cc1. The summed E-state index contributed by atoms with van der Waals surface area (Å²) in [4.78, 5) is 24.2. The van der Waals surface area contributed by atoms with Gasteiger partial charge in [-0.25, -0.2) is 12.8 Å². The summed E-state index contributed by atoms with van der Waals surface area (Å²) in [5.74, 6) is -0.505. The van der Waals surface area contributed by atoms with Gasteiger partial charge in [0.2, 0.25) is 5.91 Å². The maximum absolute atomic E-state index is 12.9. The predicted octanol–water partition coefficient (Wildman–Crippen LogP) is 4.24. The summed E-state index contributed by atoms with van der Waals surface area (Å²) < 4.78 is 45.5. The second kappa shape index (κ2) is 10.1. The number of anilines is 2. The summed E-state index contributed by atoms with van der Waals surface area (Å²) in [5, 5.41) is 2.62. The number of carbonyl (C=O) groups excluding carboxylic acids is 2. The van der Waals surface area contributed by atoms with Gasteiger partial charge in [0.15, 0.2) is 5.78 Å². The molecular weight excluding hydrogens is 435 g/mol. The Bertz CT molecular complexity index is 1190. The summed E-state index contributed by atoms with van der Waals surface area (Å²) >= 11 is 0. The fourth-order valence-electron chi connectivity index (χ4n) is 2.82. The van der Waals surface area contributed by atoms with Crippen LogP contribution in [-0.4, -0.2) is 27.2 Å². The van der Waals surface area contributed by atoms with Crippen molar-refractivity contribution in [3.05, 3.63) is 84.2 Å². The number of benzene rings is 3. The molecule has 9 heteroatoms. The highest BCUT2D eigenvalue weighted by molar-refractivity contribution is 7.92. The van der Waals surface area contributed by atoms with Crippen molar-refractivity contribution in [2.75, 3.05) is 17.1 Å². The number of ketones is 1. The maximum atomic E-state index is 12.9. The third kappa shape index (κ3) is 6.14. The number of Topliss-reactive ketones (excluding diaryl/α,β-unsaturated/α-hetero) is 1. The van der Waals surface area contributed by atoms with Gasteiger partial charge < -0.3 is 10.1 Å². The lowest BCUT2D eigenvalue weighted by Crippen LogP contribution is -2.15. The molecule has 0 aliphatic rings. The molecule has 0 saturated heterocycles. The zero-order valence-electron chi connectivity index (χ0n) is 17.2. The molecule has 0 radical (unpaired) electrons. The van der Waals surface area contributed by atoms with Crippen molar-refractivity contribution < 1.29 is 27.1 Å². The van der Waals surface area contributed by atoms with E-state index < -0.39 is 21.7 Å². The van der Waals surface area contributed by atoms with Gasteiger partial charge in [-0.05, 0) is 72.8 Å². The molecule has 7 nitrogen and oxygen atoms in total. The Morgan fingerprint density at radius 2 is 1.44 bits per heavy atom. The Labute approximate surface area is 185 Å². The number of hydrogen-bond donors (Lipinski definition) is 2. The molecule has 2 N–H and O–H groups in total. The molecule has 0 aliphatic carbocycles. The number of hydrogen-bond acceptors (Lipinski definition) is 5. The molecule has 3 rings (SSSR count). The minimum absolute atomic E-state index is 0.0257. The maximum Gasteiger partial charge on any atom is 0.261 e. The summed E-state index contributed by atoms with van der Waals surface area (Å²) in [7, 11) is -2.29. The first kappa shape index (κ1) is 23.0. The molecule has 0 unspecified atom stereocenters. The first-order valence-electron chi connectivity index (χ1n) is 9.62. The van der Waals surface area contributed by atoms with Gasteiger partial charge in [0.1, 0.15) is 11.6 Å². The van der Waals surface area contributed by atoms with Crippen molar-refractivity contribution in [2.24, 2.45) is 0 Å². The summed E-state index contributed by atoms with van der Waals surface area (Å²) in [6, 6.07) is 17.2. The molecule has 32 heavy (non-hydrogen) atoms. The number of sulfonamides is 1. The molecule has 0 fully saturated rings. The van der Waals surface area contributed by atoms with Gasteiger partial charge in [0, 0.05) is 29.8 Å². The van der Waals surface area contributed by atoms with Crippen LogP contribution in [0.1, 0.15) is 23.2 Å². The van der Waals surface area contributed by atoms with Crippen LogP contribution in [0.15, 0.2) is 77.7 Å². The lowest BCUT2D eigenvalue weighted by atomic mass is 10.1. The fourth-order valence-corrected chi connectivity index (χ4v) is 3.88. The molecule has 3 aromatic rings. The summed E-state index contributed by atoms with van der Waals surface area (Å²) in [5.41, 5.74) is 1.11. The highest BCUT2D eigenvalue weighted by Crippen LogP contribution is 2.21. The zero-order valence-corrected chi connectivity index (χ0v) is 18.0. The molecular formula is C23H21FN2O5S. The van der Waals surface area contributed by atoms with Crippen LogP contribution in [-0.2, 0) is 14.8 Å². The lowest BCUT2D eigenvalue weighted by molar-refractivity contribution is -0.116. The first-order chi connectivity index (χ1) is 15.3. The van der Waals surface area contributed by atoms with Crippen LogP contribution < -0.4 is 14.8 Å².